The second-order valence-electron chi connectivity index (χ2n) is 5.14. The van der Waals surface area contributed by atoms with Crippen molar-refractivity contribution in [2.24, 2.45) is 0 Å². The predicted molar refractivity (Wildman–Crippen MR) is 91.8 cm³/mol. The van der Waals surface area contributed by atoms with Crippen molar-refractivity contribution in [3.8, 4) is 0 Å². The molecule has 4 nitrogen and oxygen atoms in total. The van der Waals surface area contributed by atoms with Gasteiger partial charge in [-0.1, -0.05) is 47.5 Å². The van der Waals surface area contributed by atoms with Gasteiger partial charge in [-0.15, -0.1) is 0 Å². The summed E-state index contributed by atoms with van der Waals surface area (Å²) in [5.74, 6) is -0.401. The monoisotopic (exact) mass is 371 g/mol. The van der Waals surface area contributed by atoms with Crippen molar-refractivity contribution in [3.63, 3.8) is 0 Å². The molecular weight excluding hydrogens is 357 g/mol. The Hall–Kier alpha value is -1.56. The van der Waals surface area contributed by atoms with Gasteiger partial charge in [0.1, 0.15) is 0 Å². The van der Waals surface area contributed by atoms with Gasteiger partial charge >= 0.3 is 0 Å². The fraction of sp³-hybridized carbons (Fsp3) is 0.188. The summed E-state index contributed by atoms with van der Waals surface area (Å²) in [4.78, 5) is 14.0. The van der Waals surface area contributed by atoms with E-state index in [4.69, 9.17) is 23.2 Å². The van der Waals surface area contributed by atoms with Gasteiger partial charge in [-0.2, -0.15) is 0 Å². The second-order valence-corrected chi connectivity index (χ2v) is 7.91. The molecule has 7 heteroatoms. The van der Waals surface area contributed by atoms with E-state index < -0.39 is 15.7 Å². The summed E-state index contributed by atoms with van der Waals surface area (Å²) in [6, 6.07) is 11.3. The van der Waals surface area contributed by atoms with E-state index in [-0.39, 0.29) is 17.0 Å². The molecule has 0 radical (unpaired) electrons. The van der Waals surface area contributed by atoms with Gasteiger partial charge in [0.05, 0.1) is 20.5 Å². The molecule has 1 amide bonds. The van der Waals surface area contributed by atoms with E-state index in [0.29, 0.717) is 15.6 Å². The molecule has 2 aromatic carbocycles. The lowest BCUT2D eigenvalue weighted by Crippen LogP contribution is -2.27. The Bertz CT molecular complexity index is 850. The maximum atomic E-state index is 12.6. The van der Waals surface area contributed by atoms with E-state index in [1.54, 1.807) is 37.4 Å². The number of carbonyl (C=O) groups is 1. The molecule has 0 saturated heterocycles. The molecule has 2 rings (SSSR count). The van der Waals surface area contributed by atoms with Crippen LogP contribution in [0.1, 0.15) is 15.9 Å². The van der Waals surface area contributed by atoms with Crippen molar-refractivity contribution in [1.29, 1.82) is 0 Å². The SMILES string of the molecule is CN(Cc1cccc(Cl)c1Cl)C(=O)c1ccccc1S(C)(=O)=O. The Morgan fingerprint density at radius 1 is 1.09 bits per heavy atom. The van der Waals surface area contributed by atoms with Crippen LogP contribution in [0.5, 0.6) is 0 Å². The first-order chi connectivity index (χ1) is 10.7. The van der Waals surface area contributed by atoms with Crippen LogP contribution in [-0.2, 0) is 16.4 Å². The van der Waals surface area contributed by atoms with Crippen LogP contribution in [0.25, 0.3) is 0 Å². The molecule has 0 saturated carbocycles. The van der Waals surface area contributed by atoms with Crippen molar-refractivity contribution in [3.05, 3.63) is 63.6 Å². The third kappa shape index (κ3) is 4.05. The van der Waals surface area contributed by atoms with Crippen LogP contribution in [0.15, 0.2) is 47.4 Å². The number of amides is 1. The topological polar surface area (TPSA) is 54.5 Å². The van der Waals surface area contributed by atoms with Gasteiger partial charge in [0.25, 0.3) is 5.91 Å². The minimum Gasteiger partial charge on any atom is -0.337 e. The average Bonchev–Trinajstić information content (AvgIpc) is 2.50. The van der Waals surface area contributed by atoms with E-state index in [1.165, 1.54) is 17.0 Å². The lowest BCUT2D eigenvalue weighted by molar-refractivity contribution is 0.0781. The molecule has 0 atom stereocenters. The first-order valence-electron chi connectivity index (χ1n) is 6.69. The summed E-state index contributed by atoms with van der Waals surface area (Å²) in [5.41, 5.74) is 0.822. The lowest BCUT2D eigenvalue weighted by atomic mass is 10.1. The van der Waals surface area contributed by atoms with Crippen LogP contribution in [-0.4, -0.2) is 32.5 Å². The highest BCUT2D eigenvalue weighted by Gasteiger charge is 2.21. The van der Waals surface area contributed by atoms with Crippen molar-refractivity contribution in [2.45, 2.75) is 11.4 Å². The average molecular weight is 372 g/mol. The zero-order valence-electron chi connectivity index (χ0n) is 12.6. The summed E-state index contributed by atoms with van der Waals surface area (Å²) in [5, 5.41) is 0.784. The van der Waals surface area contributed by atoms with Crippen LogP contribution in [0.3, 0.4) is 0 Å². The van der Waals surface area contributed by atoms with Crippen LogP contribution in [0, 0.1) is 0 Å². The first kappa shape index (κ1) is 17.8. The number of benzene rings is 2. The lowest BCUT2D eigenvalue weighted by Gasteiger charge is -2.19. The number of carbonyl (C=O) groups excluding carboxylic acids is 1. The van der Waals surface area contributed by atoms with Gasteiger partial charge in [0.2, 0.25) is 0 Å². The van der Waals surface area contributed by atoms with Crippen LogP contribution in [0.2, 0.25) is 10.0 Å². The smallest absolute Gasteiger partial charge is 0.255 e. The van der Waals surface area contributed by atoms with Crippen molar-refractivity contribution in [2.75, 3.05) is 13.3 Å². The number of hydrogen-bond donors (Lipinski definition) is 0. The van der Waals surface area contributed by atoms with Gasteiger partial charge in [0.15, 0.2) is 9.84 Å². The summed E-state index contributed by atoms with van der Waals surface area (Å²) < 4.78 is 23.7. The summed E-state index contributed by atoms with van der Waals surface area (Å²) in [6.07, 6.45) is 1.08. The quantitative estimate of drug-likeness (QED) is 0.823. The number of sulfone groups is 1. The van der Waals surface area contributed by atoms with Crippen molar-refractivity contribution < 1.29 is 13.2 Å². The van der Waals surface area contributed by atoms with Gasteiger partial charge in [-0.3, -0.25) is 4.79 Å². The van der Waals surface area contributed by atoms with Gasteiger partial charge < -0.3 is 4.90 Å². The van der Waals surface area contributed by atoms with E-state index in [9.17, 15) is 13.2 Å². The fourth-order valence-electron chi connectivity index (χ4n) is 2.17. The molecule has 0 spiro atoms. The zero-order valence-corrected chi connectivity index (χ0v) is 14.9. The highest BCUT2D eigenvalue weighted by Crippen LogP contribution is 2.27. The van der Waals surface area contributed by atoms with Crippen molar-refractivity contribution in [1.82, 2.24) is 4.90 Å². The molecule has 0 fully saturated rings. The summed E-state index contributed by atoms with van der Waals surface area (Å²) in [6.45, 7) is 0.219. The van der Waals surface area contributed by atoms with Gasteiger partial charge in [-0.05, 0) is 23.8 Å². The number of hydrogen-bond acceptors (Lipinski definition) is 3. The zero-order chi connectivity index (χ0) is 17.2. The minimum absolute atomic E-state index is 0.00837. The molecule has 23 heavy (non-hydrogen) atoms. The second kappa shape index (κ2) is 6.91. The Balaban J connectivity index is 2.33. The van der Waals surface area contributed by atoms with Crippen LogP contribution < -0.4 is 0 Å². The Kier molecular flexibility index (Phi) is 5.34. The molecule has 0 bridgehead atoms. The number of halogens is 2. The molecule has 0 aliphatic heterocycles. The number of rotatable bonds is 4. The predicted octanol–water partition coefficient (Wildman–Crippen LogP) is 3.67. The molecule has 0 heterocycles. The van der Waals surface area contributed by atoms with Crippen LogP contribution >= 0.6 is 23.2 Å². The maximum absolute atomic E-state index is 12.6. The maximum Gasteiger partial charge on any atom is 0.255 e. The molecule has 0 aromatic heterocycles. The largest absolute Gasteiger partial charge is 0.337 e. The highest BCUT2D eigenvalue weighted by atomic mass is 35.5. The number of nitrogens with zero attached hydrogens (tertiary/aromatic N) is 1. The molecule has 0 unspecified atom stereocenters. The van der Waals surface area contributed by atoms with E-state index in [1.807, 2.05) is 0 Å². The van der Waals surface area contributed by atoms with Crippen LogP contribution in [0.4, 0.5) is 0 Å². The normalized spacial score (nSPS) is 11.3. The summed E-state index contributed by atoms with van der Waals surface area (Å²) >= 11 is 12.1. The molecule has 122 valence electrons. The molecule has 0 N–H and O–H groups in total. The van der Waals surface area contributed by atoms with Gasteiger partial charge in [-0.25, -0.2) is 8.42 Å². The molecular formula is C16H15Cl2NO3S. The Labute approximate surface area is 145 Å². The van der Waals surface area contributed by atoms with E-state index in [2.05, 4.69) is 0 Å². The van der Waals surface area contributed by atoms with Gasteiger partial charge in [0, 0.05) is 19.8 Å². The van der Waals surface area contributed by atoms with E-state index >= 15 is 0 Å². The Morgan fingerprint density at radius 2 is 1.74 bits per heavy atom. The molecule has 2 aromatic rings. The minimum atomic E-state index is -3.49. The third-order valence-electron chi connectivity index (χ3n) is 3.30. The first-order valence-corrected chi connectivity index (χ1v) is 9.34. The highest BCUT2D eigenvalue weighted by molar-refractivity contribution is 7.90. The van der Waals surface area contributed by atoms with E-state index in [0.717, 1.165) is 6.26 Å². The van der Waals surface area contributed by atoms with Crippen molar-refractivity contribution >= 4 is 38.9 Å². The standard InChI is InChI=1S/C16H15Cl2NO3S/c1-19(10-11-6-5-8-13(17)15(11)18)16(20)12-7-3-4-9-14(12)23(2,21)22/h3-9H,10H2,1-2H3. The summed E-state index contributed by atoms with van der Waals surface area (Å²) in [7, 11) is -1.91. The fourth-order valence-corrected chi connectivity index (χ4v) is 3.43. The molecule has 0 aliphatic rings. The Morgan fingerprint density at radius 3 is 2.39 bits per heavy atom. The third-order valence-corrected chi connectivity index (χ3v) is 5.32. The molecule has 0 aliphatic carbocycles.